The average molecular weight is 313 g/mol. The second-order valence-electron chi connectivity index (χ2n) is 5.26. The maximum absolute atomic E-state index is 11.9. The summed E-state index contributed by atoms with van der Waals surface area (Å²) in [4.78, 5) is 11.9. The van der Waals surface area contributed by atoms with Gasteiger partial charge in [-0.2, -0.15) is 0 Å². The fourth-order valence-corrected chi connectivity index (χ4v) is 2.16. The molecule has 0 spiro atoms. The van der Waals surface area contributed by atoms with Gasteiger partial charge in [-0.1, -0.05) is 38.1 Å². The van der Waals surface area contributed by atoms with E-state index in [2.05, 4.69) is 19.2 Å². The van der Waals surface area contributed by atoms with Crippen LogP contribution < -0.4 is 14.8 Å². The lowest BCUT2D eigenvalue weighted by Gasteiger charge is -2.15. The molecule has 4 heteroatoms. The van der Waals surface area contributed by atoms with Gasteiger partial charge in [-0.3, -0.25) is 4.79 Å². The largest absolute Gasteiger partial charge is 0.484 e. The van der Waals surface area contributed by atoms with Crippen LogP contribution in [0.2, 0.25) is 0 Å². The number of ether oxygens (including phenoxy) is 2. The van der Waals surface area contributed by atoms with E-state index in [0.29, 0.717) is 11.5 Å². The molecule has 0 aliphatic heterocycles. The number of rotatable bonds is 8. The number of amides is 1. The highest BCUT2D eigenvalue weighted by Gasteiger charge is 2.09. The molecule has 122 valence electrons. The van der Waals surface area contributed by atoms with E-state index >= 15 is 0 Å². The van der Waals surface area contributed by atoms with E-state index in [1.807, 2.05) is 48.5 Å². The Hall–Kier alpha value is -2.49. The first kappa shape index (κ1) is 16.9. The number of nitrogens with one attached hydrogen (secondary N) is 1. The monoisotopic (exact) mass is 313 g/mol. The fraction of sp³-hybridized carbons (Fsp3) is 0.316. The minimum atomic E-state index is -0.104. The lowest BCUT2D eigenvalue weighted by atomic mass is 10.2. The van der Waals surface area contributed by atoms with E-state index in [-0.39, 0.29) is 18.6 Å². The number of carbonyl (C=O) groups is 1. The molecule has 2 aromatic carbocycles. The number of hydrogen-bond acceptors (Lipinski definition) is 3. The molecule has 1 amide bonds. The first-order chi connectivity index (χ1) is 11.2. The minimum Gasteiger partial charge on any atom is -0.484 e. The number of benzene rings is 2. The zero-order valence-electron chi connectivity index (χ0n) is 13.6. The number of carbonyl (C=O) groups excluding carboxylic acids is 1. The van der Waals surface area contributed by atoms with Crippen LogP contribution in [0.1, 0.15) is 26.7 Å². The summed E-state index contributed by atoms with van der Waals surface area (Å²) in [7, 11) is 0. The van der Waals surface area contributed by atoms with Crippen LogP contribution in [-0.2, 0) is 4.79 Å². The number of hydrogen-bond donors (Lipinski definition) is 1. The van der Waals surface area contributed by atoms with Crippen molar-refractivity contribution in [2.45, 2.75) is 32.7 Å². The molecule has 2 rings (SSSR count). The van der Waals surface area contributed by atoms with Crippen LogP contribution in [-0.4, -0.2) is 18.6 Å². The fourth-order valence-electron chi connectivity index (χ4n) is 2.16. The van der Waals surface area contributed by atoms with Crippen molar-refractivity contribution >= 4 is 5.91 Å². The van der Waals surface area contributed by atoms with Gasteiger partial charge in [0.2, 0.25) is 0 Å². The summed E-state index contributed by atoms with van der Waals surface area (Å²) in [5, 5.41) is 2.95. The van der Waals surface area contributed by atoms with Crippen LogP contribution in [0.3, 0.4) is 0 Å². The molecular weight excluding hydrogens is 290 g/mol. The second-order valence-corrected chi connectivity index (χ2v) is 5.26. The van der Waals surface area contributed by atoms with Crippen LogP contribution in [0, 0.1) is 0 Å². The average Bonchev–Trinajstić information content (AvgIpc) is 2.59. The van der Waals surface area contributed by atoms with Gasteiger partial charge in [-0.25, -0.2) is 0 Å². The molecule has 0 aromatic heterocycles. The van der Waals surface area contributed by atoms with Gasteiger partial charge >= 0.3 is 0 Å². The first-order valence-corrected chi connectivity index (χ1v) is 7.96. The van der Waals surface area contributed by atoms with Gasteiger partial charge in [0.1, 0.15) is 17.2 Å². The molecule has 0 saturated heterocycles. The van der Waals surface area contributed by atoms with Crippen molar-refractivity contribution in [1.29, 1.82) is 0 Å². The molecular formula is C19H23NO3. The van der Waals surface area contributed by atoms with Gasteiger partial charge in [0.05, 0.1) is 0 Å². The molecule has 0 aliphatic rings. The van der Waals surface area contributed by atoms with Crippen molar-refractivity contribution in [3.8, 4) is 17.2 Å². The Morgan fingerprint density at radius 3 is 2.30 bits per heavy atom. The molecule has 23 heavy (non-hydrogen) atoms. The molecule has 1 N–H and O–H groups in total. The predicted octanol–water partition coefficient (Wildman–Crippen LogP) is 4.16. The van der Waals surface area contributed by atoms with Crippen LogP contribution in [0.25, 0.3) is 0 Å². The van der Waals surface area contributed by atoms with Crippen molar-refractivity contribution < 1.29 is 14.3 Å². The van der Waals surface area contributed by atoms with E-state index in [1.54, 1.807) is 6.07 Å². The second kappa shape index (κ2) is 8.83. The van der Waals surface area contributed by atoms with Crippen molar-refractivity contribution in [3.05, 3.63) is 54.6 Å². The summed E-state index contributed by atoms with van der Waals surface area (Å²) in [6.07, 6.45) is 1.84. The van der Waals surface area contributed by atoms with Crippen molar-refractivity contribution in [1.82, 2.24) is 5.32 Å². The zero-order valence-corrected chi connectivity index (χ0v) is 13.6. The van der Waals surface area contributed by atoms with E-state index in [0.717, 1.165) is 18.6 Å². The minimum absolute atomic E-state index is 0.00525. The third kappa shape index (κ3) is 5.66. The summed E-state index contributed by atoms with van der Waals surface area (Å²) in [6.45, 7) is 4.12. The molecule has 0 saturated carbocycles. The van der Waals surface area contributed by atoms with Crippen molar-refractivity contribution in [2.24, 2.45) is 0 Å². The molecule has 4 nitrogen and oxygen atoms in total. The SMILES string of the molecule is CCC(CC)NC(=O)COc1cccc(Oc2ccccc2)c1. The quantitative estimate of drug-likeness (QED) is 0.796. The predicted molar refractivity (Wildman–Crippen MR) is 91.0 cm³/mol. The van der Waals surface area contributed by atoms with Gasteiger partial charge in [0, 0.05) is 12.1 Å². The molecule has 0 unspecified atom stereocenters. The Balaban J connectivity index is 1.89. The van der Waals surface area contributed by atoms with Crippen molar-refractivity contribution in [3.63, 3.8) is 0 Å². The van der Waals surface area contributed by atoms with Crippen LogP contribution >= 0.6 is 0 Å². The summed E-state index contributed by atoms with van der Waals surface area (Å²) in [5.74, 6) is 1.94. The standard InChI is InChI=1S/C19H23NO3/c1-3-15(4-2)20-19(21)14-22-17-11-8-12-18(13-17)23-16-9-6-5-7-10-16/h5-13,15H,3-4,14H2,1-2H3,(H,20,21). The topological polar surface area (TPSA) is 47.6 Å². The smallest absolute Gasteiger partial charge is 0.258 e. The summed E-state index contributed by atoms with van der Waals surface area (Å²) in [6, 6.07) is 17.0. The first-order valence-electron chi connectivity index (χ1n) is 7.96. The number of para-hydroxylation sites is 1. The third-order valence-electron chi connectivity index (χ3n) is 3.51. The molecule has 0 atom stereocenters. The highest BCUT2D eigenvalue weighted by atomic mass is 16.5. The van der Waals surface area contributed by atoms with Crippen molar-refractivity contribution in [2.75, 3.05) is 6.61 Å². The molecule has 0 radical (unpaired) electrons. The van der Waals surface area contributed by atoms with Crippen LogP contribution in [0.4, 0.5) is 0 Å². The molecule has 0 heterocycles. The molecule has 2 aromatic rings. The molecule has 0 bridgehead atoms. The van der Waals surface area contributed by atoms with E-state index in [1.165, 1.54) is 0 Å². The molecule has 0 fully saturated rings. The van der Waals surface area contributed by atoms with Gasteiger partial charge < -0.3 is 14.8 Å². The van der Waals surface area contributed by atoms with E-state index in [9.17, 15) is 4.79 Å². The summed E-state index contributed by atoms with van der Waals surface area (Å²) >= 11 is 0. The maximum Gasteiger partial charge on any atom is 0.258 e. The Kier molecular flexibility index (Phi) is 6.48. The lowest BCUT2D eigenvalue weighted by Crippen LogP contribution is -2.37. The molecule has 0 aliphatic carbocycles. The Morgan fingerprint density at radius 1 is 0.957 bits per heavy atom. The van der Waals surface area contributed by atoms with E-state index < -0.39 is 0 Å². The lowest BCUT2D eigenvalue weighted by molar-refractivity contribution is -0.123. The Morgan fingerprint density at radius 2 is 1.61 bits per heavy atom. The zero-order chi connectivity index (χ0) is 16.5. The maximum atomic E-state index is 11.9. The van der Waals surface area contributed by atoms with Gasteiger partial charge in [0.15, 0.2) is 6.61 Å². The van der Waals surface area contributed by atoms with Gasteiger partial charge in [0.25, 0.3) is 5.91 Å². The van der Waals surface area contributed by atoms with E-state index in [4.69, 9.17) is 9.47 Å². The normalized spacial score (nSPS) is 10.4. The summed E-state index contributed by atoms with van der Waals surface area (Å²) < 4.78 is 11.3. The van der Waals surface area contributed by atoms with Crippen LogP contribution in [0.5, 0.6) is 17.2 Å². The van der Waals surface area contributed by atoms with Gasteiger partial charge in [-0.05, 0) is 37.1 Å². The van der Waals surface area contributed by atoms with Gasteiger partial charge in [-0.15, -0.1) is 0 Å². The highest BCUT2D eigenvalue weighted by molar-refractivity contribution is 5.77. The summed E-state index contributed by atoms with van der Waals surface area (Å²) in [5.41, 5.74) is 0. The highest BCUT2D eigenvalue weighted by Crippen LogP contribution is 2.24. The Bertz CT molecular complexity index is 609. The third-order valence-corrected chi connectivity index (χ3v) is 3.51. The Labute approximate surface area is 137 Å². The van der Waals surface area contributed by atoms with Crippen LogP contribution in [0.15, 0.2) is 54.6 Å².